The van der Waals surface area contributed by atoms with Gasteiger partial charge in [0.25, 0.3) is 0 Å². The van der Waals surface area contributed by atoms with Crippen LogP contribution in [0.3, 0.4) is 0 Å². The zero-order chi connectivity index (χ0) is 6.69. The molecular weight excluding hydrogens is 200 g/mol. The van der Waals surface area contributed by atoms with Crippen LogP contribution in [0, 0.1) is 0 Å². The van der Waals surface area contributed by atoms with Gasteiger partial charge in [-0.2, -0.15) is 0 Å². The average molecular weight is 205 g/mol. The van der Waals surface area contributed by atoms with Crippen molar-refractivity contribution in [2.24, 2.45) is 0 Å². The van der Waals surface area contributed by atoms with Gasteiger partial charge in [-0.05, 0) is 12.1 Å². The molecule has 0 saturated carbocycles. The summed E-state index contributed by atoms with van der Waals surface area (Å²) < 4.78 is 10.2. The maximum Gasteiger partial charge on any atom is 2.00 e. The fraction of sp³-hybridized carbons (Fsp3) is 0. The Morgan fingerprint density at radius 2 is 1.70 bits per heavy atom. The van der Waals surface area contributed by atoms with Crippen molar-refractivity contribution in [1.29, 1.82) is 0 Å². The molecule has 0 amide bonds. The van der Waals surface area contributed by atoms with E-state index in [4.69, 9.17) is 0 Å². The second kappa shape index (κ2) is 4.68. The fourth-order valence-corrected chi connectivity index (χ4v) is 0.965. The van der Waals surface area contributed by atoms with E-state index in [0.29, 0.717) is 5.30 Å². The Morgan fingerprint density at radius 1 is 1.20 bits per heavy atom. The Kier molecular flexibility index (Phi) is 4.63. The molecule has 46 valence electrons. The van der Waals surface area contributed by atoms with Gasteiger partial charge in [-0.3, -0.25) is 0 Å². The Morgan fingerprint density at radius 3 is 2.00 bits per heavy atom. The molecule has 0 heterocycles. The van der Waals surface area contributed by atoms with E-state index in [-0.39, 0.29) is 19.5 Å². The third-order valence-corrected chi connectivity index (χ3v) is 1.69. The summed E-state index contributed by atoms with van der Waals surface area (Å²) in [5.41, 5.74) is 0. The molecule has 0 aliphatic rings. The first kappa shape index (κ1) is 9.90. The van der Waals surface area contributed by atoms with E-state index in [1.807, 2.05) is 0 Å². The van der Waals surface area contributed by atoms with Crippen molar-refractivity contribution in [3.8, 4) is 0 Å². The first-order valence-electron chi connectivity index (χ1n) is 2.50. The molecule has 1 rings (SSSR count). The molecule has 10 heavy (non-hydrogen) atoms. The fourth-order valence-electron chi connectivity index (χ4n) is 0.550. The molecule has 1 aromatic carbocycles. The molecule has 0 aliphatic carbocycles. The first-order chi connectivity index (χ1) is 4.30. The second-order valence-electron chi connectivity index (χ2n) is 1.59. The van der Waals surface area contributed by atoms with Gasteiger partial charge in [0.2, 0.25) is 0 Å². The zero-order valence-corrected chi connectivity index (χ0v) is 9.22. The van der Waals surface area contributed by atoms with Gasteiger partial charge in [-0.25, -0.2) is 0 Å². The molecule has 0 radical (unpaired) electrons. The third kappa shape index (κ3) is 2.66. The molecule has 0 aliphatic heterocycles. The molecule has 0 saturated heterocycles. The van der Waals surface area contributed by atoms with E-state index >= 15 is 0 Å². The van der Waals surface area contributed by atoms with Crippen molar-refractivity contribution < 1.29 is 28.9 Å². The molecule has 4 heteroatoms. The minimum Gasteiger partial charge on any atom is -0.591 e. The smallest absolute Gasteiger partial charge is 0.591 e. The Labute approximate surface area is 72.9 Å². The Balaban J connectivity index is 0.000000810. The largest absolute Gasteiger partial charge is 2.00 e. The standard InChI is InChI=1S/C6H5O2P.Zn/c7-9(8)6-4-2-1-3-5-6;/h1-5H;/q;+2. The van der Waals surface area contributed by atoms with E-state index in [1.54, 1.807) is 30.3 Å². The zero-order valence-electron chi connectivity index (χ0n) is 5.36. The summed E-state index contributed by atoms with van der Waals surface area (Å²) in [6.45, 7) is 0. The van der Waals surface area contributed by atoms with E-state index in [2.05, 4.69) is 0 Å². The van der Waals surface area contributed by atoms with Crippen molar-refractivity contribution in [3.63, 3.8) is 0 Å². The molecule has 1 aromatic rings. The van der Waals surface area contributed by atoms with Gasteiger partial charge in [-0.1, -0.05) is 22.8 Å². The van der Waals surface area contributed by atoms with Gasteiger partial charge < -0.3 is 4.89 Å². The van der Waals surface area contributed by atoms with Crippen molar-refractivity contribution in [2.75, 3.05) is 0 Å². The first-order valence-corrected chi connectivity index (χ1v) is 3.68. The van der Waals surface area contributed by atoms with E-state index < -0.39 is 8.03 Å². The van der Waals surface area contributed by atoms with Crippen LogP contribution in [-0.4, -0.2) is 0 Å². The van der Waals surface area contributed by atoms with Crippen LogP contribution < -0.4 is 10.2 Å². The predicted molar refractivity (Wildman–Crippen MR) is 33.7 cm³/mol. The molecule has 0 aromatic heterocycles. The summed E-state index contributed by atoms with van der Waals surface area (Å²) in [6, 6.07) is 8.29. The average Bonchev–Trinajstić information content (AvgIpc) is 1.90. The summed E-state index contributed by atoms with van der Waals surface area (Å²) in [5, 5.41) is 0.368. The molecule has 0 bridgehead atoms. The molecule has 0 N–H and O–H groups in total. The normalized spacial score (nSPS) is 9.90. The summed E-state index contributed by atoms with van der Waals surface area (Å²) in [4.78, 5) is 10.2. The maximum absolute atomic E-state index is 10.2. The SMILES string of the molecule is O=[P+]([O-])c1ccccc1.[Zn+2]. The van der Waals surface area contributed by atoms with Crippen molar-refractivity contribution in [1.82, 2.24) is 0 Å². The van der Waals surface area contributed by atoms with Crippen molar-refractivity contribution >= 4 is 13.3 Å². The van der Waals surface area contributed by atoms with Crippen LogP contribution in [0.4, 0.5) is 0 Å². The second-order valence-corrected chi connectivity index (χ2v) is 2.62. The van der Waals surface area contributed by atoms with E-state index in [1.165, 1.54) is 0 Å². The van der Waals surface area contributed by atoms with Gasteiger partial charge in [-0.15, -0.1) is 0 Å². The van der Waals surface area contributed by atoms with Crippen molar-refractivity contribution in [2.45, 2.75) is 0 Å². The van der Waals surface area contributed by atoms with Crippen LogP contribution in [0.1, 0.15) is 0 Å². The number of rotatable bonds is 1. The molecule has 2 nitrogen and oxygen atoms in total. The predicted octanol–water partition coefficient (Wildman–Crippen LogP) is 0.412. The molecule has 1 atom stereocenters. The molecular formula is C6H5O2PZn+2. The van der Waals surface area contributed by atoms with Gasteiger partial charge in [0.1, 0.15) is 0 Å². The molecule has 0 spiro atoms. The monoisotopic (exact) mass is 204 g/mol. The maximum atomic E-state index is 10.2. The van der Waals surface area contributed by atoms with Crippen LogP contribution in [0.5, 0.6) is 0 Å². The summed E-state index contributed by atoms with van der Waals surface area (Å²) in [7, 11) is -2.40. The number of hydrogen-bond donors (Lipinski definition) is 0. The number of benzene rings is 1. The van der Waals surface area contributed by atoms with Crippen LogP contribution in [0.15, 0.2) is 30.3 Å². The van der Waals surface area contributed by atoms with Gasteiger partial charge in [0, 0.05) is 0 Å². The Bertz CT molecular complexity index is 212. The van der Waals surface area contributed by atoms with E-state index in [9.17, 15) is 9.46 Å². The third-order valence-electron chi connectivity index (χ3n) is 0.967. The van der Waals surface area contributed by atoms with E-state index in [0.717, 1.165) is 0 Å². The summed E-state index contributed by atoms with van der Waals surface area (Å²) >= 11 is 0. The van der Waals surface area contributed by atoms with Gasteiger partial charge >= 0.3 is 27.5 Å². The van der Waals surface area contributed by atoms with Crippen LogP contribution in [0.25, 0.3) is 0 Å². The van der Waals surface area contributed by atoms with Crippen LogP contribution >= 0.6 is 8.03 Å². The van der Waals surface area contributed by atoms with Gasteiger partial charge in [0.15, 0.2) is 5.30 Å². The van der Waals surface area contributed by atoms with Crippen LogP contribution in [-0.2, 0) is 24.0 Å². The van der Waals surface area contributed by atoms with Crippen molar-refractivity contribution in [3.05, 3.63) is 30.3 Å². The number of hydrogen-bond acceptors (Lipinski definition) is 2. The minimum absolute atomic E-state index is 0. The van der Waals surface area contributed by atoms with Gasteiger partial charge in [0.05, 0.1) is 0 Å². The quantitative estimate of drug-likeness (QED) is 0.492. The Hall–Kier alpha value is -0.0966. The molecule has 0 fully saturated rings. The molecule has 1 unspecified atom stereocenters. The summed E-state index contributed by atoms with van der Waals surface area (Å²) in [6.07, 6.45) is 0. The topological polar surface area (TPSA) is 40.1 Å². The minimum atomic E-state index is -2.40. The summed E-state index contributed by atoms with van der Waals surface area (Å²) in [5.74, 6) is 0. The van der Waals surface area contributed by atoms with Crippen LogP contribution in [0.2, 0.25) is 0 Å².